The molecule has 0 radical (unpaired) electrons. The molecule has 4 atom stereocenters. The number of rotatable bonds is 7. The van der Waals surface area contributed by atoms with Crippen LogP contribution in [0.15, 0.2) is 18.6 Å². The van der Waals surface area contributed by atoms with Crippen LogP contribution in [-0.4, -0.2) is 90.9 Å². The van der Waals surface area contributed by atoms with E-state index in [4.69, 9.17) is 0 Å². The zero-order chi connectivity index (χ0) is 21.3. The van der Waals surface area contributed by atoms with Gasteiger partial charge in [-0.15, -0.1) is 5.10 Å². The number of hydrogen-bond donors (Lipinski definition) is 3. The van der Waals surface area contributed by atoms with Crippen molar-refractivity contribution in [3.63, 3.8) is 0 Å². The Kier molecular flexibility index (Phi) is 6.21. The second kappa shape index (κ2) is 8.71. The van der Waals surface area contributed by atoms with Crippen molar-refractivity contribution in [2.24, 2.45) is 13.0 Å². The van der Waals surface area contributed by atoms with Crippen LogP contribution in [0, 0.1) is 5.92 Å². The Bertz CT molecular complexity index is 945. The molecule has 2 aromatic rings. The lowest BCUT2D eigenvalue weighted by Crippen LogP contribution is -2.40. The van der Waals surface area contributed by atoms with Crippen molar-refractivity contribution >= 4 is 9.84 Å². The van der Waals surface area contributed by atoms with Gasteiger partial charge in [-0.3, -0.25) is 9.58 Å². The van der Waals surface area contributed by atoms with E-state index in [0.29, 0.717) is 39.1 Å². The summed E-state index contributed by atoms with van der Waals surface area (Å²) < 4.78 is 26.7. The van der Waals surface area contributed by atoms with Crippen LogP contribution in [0.3, 0.4) is 0 Å². The van der Waals surface area contributed by atoms with Gasteiger partial charge in [0.15, 0.2) is 9.84 Å². The molecule has 11 nitrogen and oxygen atoms in total. The number of sulfone groups is 1. The Balaban J connectivity index is 1.29. The van der Waals surface area contributed by atoms with Gasteiger partial charge >= 0.3 is 0 Å². The van der Waals surface area contributed by atoms with Crippen molar-refractivity contribution in [2.45, 2.75) is 44.3 Å². The fraction of sp³-hybridized carbons (Fsp3) is 0.722. The molecule has 1 aliphatic heterocycles. The fourth-order valence-electron chi connectivity index (χ4n) is 4.18. The highest BCUT2D eigenvalue weighted by Gasteiger charge is 2.41. The zero-order valence-electron chi connectivity index (χ0n) is 17.0. The van der Waals surface area contributed by atoms with Crippen molar-refractivity contribution < 1.29 is 18.6 Å². The predicted octanol–water partition coefficient (Wildman–Crippen LogP) is -1.86. The summed E-state index contributed by atoms with van der Waals surface area (Å²) >= 11 is 0. The second-order valence-electron chi connectivity index (χ2n) is 8.28. The van der Waals surface area contributed by atoms with Crippen LogP contribution in [0.2, 0.25) is 0 Å². The summed E-state index contributed by atoms with van der Waals surface area (Å²) in [6, 6.07) is -0.222. The Morgan fingerprint density at radius 1 is 1.23 bits per heavy atom. The third kappa shape index (κ3) is 4.89. The minimum absolute atomic E-state index is 0.145. The summed E-state index contributed by atoms with van der Waals surface area (Å²) in [5, 5.41) is 32.5. The van der Waals surface area contributed by atoms with E-state index in [-0.39, 0.29) is 23.5 Å². The van der Waals surface area contributed by atoms with Gasteiger partial charge < -0.3 is 20.1 Å². The SMILES string of the molecule is Cn1ccnc1CN[C@@H]1C[C@H](Cn2cc(CN3CCS(=O)(=O)CC3)nn2)[C@@H](O)[C@H]1O. The summed E-state index contributed by atoms with van der Waals surface area (Å²) in [6.07, 6.45) is 4.34. The smallest absolute Gasteiger partial charge is 0.152 e. The van der Waals surface area contributed by atoms with Crippen molar-refractivity contribution in [3.8, 4) is 0 Å². The number of aliphatic hydroxyl groups excluding tert-OH is 2. The summed E-state index contributed by atoms with van der Waals surface area (Å²) in [5.41, 5.74) is 0.770. The molecule has 166 valence electrons. The van der Waals surface area contributed by atoms with Crippen molar-refractivity contribution in [1.29, 1.82) is 0 Å². The van der Waals surface area contributed by atoms with Crippen LogP contribution < -0.4 is 5.32 Å². The van der Waals surface area contributed by atoms with E-state index in [9.17, 15) is 18.6 Å². The monoisotopic (exact) mass is 439 g/mol. The molecule has 1 saturated heterocycles. The lowest BCUT2D eigenvalue weighted by atomic mass is 10.1. The number of nitrogens with zero attached hydrogens (tertiary/aromatic N) is 6. The first-order valence-electron chi connectivity index (χ1n) is 10.2. The van der Waals surface area contributed by atoms with Gasteiger partial charge in [-0.2, -0.15) is 0 Å². The number of aliphatic hydroxyl groups is 2. The fourth-order valence-corrected chi connectivity index (χ4v) is 5.45. The summed E-state index contributed by atoms with van der Waals surface area (Å²) in [6.45, 7) is 2.54. The number of aromatic nitrogens is 5. The maximum absolute atomic E-state index is 11.5. The molecule has 0 aromatic carbocycles. The van der Waals surface area contributed by atoms with Gasteiger partial charge in [0.2, 0.25) is 0 Å². The number of aryl methyl sites for hydroxylation is 1. The number of nitrogens with one attached hydrogen (secondary N) is 1. The molecule has 12 heteroatoms. The first-order chi connectivity index (χ1) is 14.3. The Morgan fingerprint density at radius 3 is 2.70 bits per heavy atom. The van der Waals surface area contributed by atoms with E-state index in [2.05, 4.69) is 25.5 Å². The van der Waals surface area contributed by atoms with Gasteiger partial charge in [0.05, 0.1) is 36.0 Å². The molecule has 30 heavy (non-hydrogen) atoms. The van der Waals surface area contributed by atoms with E-state index >= 15 is 0 Å². The highest BCUT2D eigenvalue weighted by molar-refractivity contribution is 7.91. The Morgan fingerprint density at radius 2 is 2.00 bits per heavy atom. The van der Waals surface area contributed by atoms with Gasteiger partial charge in [-0.05, 0) is 6.42 Å². The highest BCUT2D eigenvalue weighted by atomic mass is 32.2. The minimum Gasteiger partial charge on any atom is -0.390 e. The van der Waals surface area contributed by atoms with E-state index in [0.717, 1.165) is 11.5 Å². The average Bonchev–Trinajstić information content (AvgIpc) is 3.39. The van der Waals surface area contributed by atoms with Crippen LogP contribution >= 0.6 is 0 Å². The molecule has 0 spiro atoms. The largest absolute Gasteiger partial charge is 0.390 e. The molecule has 0 bridgehead atoms. The summed E-state index contributed by atoms with van der Waals surface area (Å²) in [4.78, 5) is 6.32. The average molecular weight is 440 g/mol. The summed E-state index contributed by atoms with van der Waals surface area (Å²) in [7, 11) is -0.988. The second-order valence-corrected chi connectivity index (χ2v) is 10.6. The standard InChI is InChI=1S/C18H29N7O4S/c1-23-3-2-19-16(23)9-20-15-8-13(17(26)18(15)27)10-25-12-14(21-22-25)11-24-4-6-30(28,29)7-5-24/h2-3,12-13,15,17-18,20,26-27H,4-11H2,1H3/t13-,15-,17-,18+/m1/s1. The van der Waals surface area contributed by atoms with Crippen LogP contribution in [0.25, 0.3) is 0 Å². The van der Waals surface area contributed by atoms with Crippen LogP contribution in [-0.2, 0) is 36.5 Å². The van der Waals surface area contributed by atoms with Crippen LogP contribution in [0.4, 0.5) is 0 Å². The molecule has 0 amide bonds. The van der Waals surface area contributed by atoms with Crippen LogP contribution in [0.1, 0.15) is 17.9 Å². The topological polar surface area (TPSA) is 138 Å². The van der Waals surface area contributed by atoms with Crippen molar-refractivity contribution in [2.75, 3.05) is 24.6 Å². The molecule has 1 aliphatic carbocycles. The van der Waals surface area contributed by atoms with E-state index in [1.807, 2.05) is 24.0 Å². The van der Waals surface area contributed by atoms with Gasteiger partial charge in [0.25, 0.3) is 0 Å². The molecule has 3 N–H and O–H groups in total. The quantitative estimate of drug-likeness (QED) is 0.453. The van der Waals surface area contributed by atoms with Gasteiger partial charge in [-0.1, -0.05) is 5.21 Å². The molecule has 1 saturated carbocycles. The van der Waals surface area contributed by atoms with Gasteiger partial charge in [0.1, 0.15) is 5.82 Å². The maximum atomic E-state index is 11.5. The highest BCUT2D eigenvalue weighted by Crippen LogP contribution is 2.28. The third-order valence-electron chi connectivity index (χ3n) is 6.08. The Hall–Kier alpha value is -1.86. The molecule has 0 unspecified atom stereocenters. The van der Waals surface area contributed by atoms with Crippen LogP contribution in [0.5, 0.6) is 0 Å². The minimum atomic E-state index is -2.90. The van der Waals surface area contributed by atoms with Gasteiger partial charge in [0, 0.05) is 63.8 Å². The molecule has 2 aromatic heterocycles. The Labute approximate surface area is 175 Å². The molecular formula is C18H29N7O4S. The van der Waals surface area contributed by atoms with Gasteiger partial charge in [-0.25, -0.2) is 13.4 Å². The molecule has 2 fully saturated rings. The first kappa shape index (κ1) is 21.4. The third-order valence-corrected chi connectivity index (χ3v) is 7.68. The first-order valence-corrected chi connectivity index (χ1v) is 12.0. The lowest BCUT2D eigenvalue weighted by molar-refractivity contribution is 0.00713. The van der Waals surface area contributed by atoms with E-state index in [1.165, 1.54) is 0 Å². The van der Waals surface area contributed by atoms with Crippen molar-refractivity contribution in [1.82, 2.24) is 34.8 Å². The predicted molar refractivity (Wildman–Crippen MR) is 108 cm³/mol. The normalized spacial score (nSPS) is 29.4. The molecule has 3 heterocycles. The summed E-state index contributed by atoms with van der Waals surface area (Å²) in [5.74, 6) is 1.08. The number of hydrogen-bond acceptors (Lipinski definition) is 9. The van der Waals surface area contributed by atoms with E-state index in [1.54, 1.807) is 10.9 Å². The van der Waals surface area contributed by atoms with E-state index < -0.39 is 22.0 Å². The number of imidazole rings is 1. The maximum Gasteiger partial charge on any atom is 0.152 e. The molecular weight excluding hydrogens is 410 g/mol. The molecule has 4 rings (SSSR count). The zero-order valence-corrected chi connectivity index (χ0v) is 17.8. The molecule has 2 aliphatic rings. The lowest BCUT2D eigenvalue weighted by Gasteiger charge is -2.25. The van der Waals surface area contributed by atoms with Crippen molar-refractivity contribution in [3.05, 3.63) is 30.1 Å².